The summed E-state index contributed by atoms with van der Waals surface area (Å²) in [7, 11) is 0.674. The van der Waals surface area contributed by atoms with E-state index < -0.39 is 66.5 Å². The van der Waals surface area contributed by atoms with Crippen molar-refractivity contribution in [2.45, 2.75) is 154 Å². The van der Waals surface area contributed by atoms with E-state index in [9.17, 15) is 5.11 Å². The largest absolute Gasteiger partial charge is 0.497 e. The zero-order valence-electron chi connectivity index (χ0n) is 37.1. The average Bonchev–Trinajstić information content (AvgIpc) is 3.63. The minimum atomic E-state index is -2.53. The molecule has 2 bridgehead atoms. The smallest absolute Gasteiger partial charge is 0.192 e. The molecular formula is C46H70O11Si. The number of methoxy groups -OCH3 is 2. The first-order chi connectivity index (χ1) is 27.1. The molecule has 4 fully saturated rings. The Labute approximate surface area is 347 Å². The molecule has 1 N–H and O–H groups in total. The van der Waals surface area contributed by atoms with Gasteiger partial charge in [-0.1, -0.05) is 77.1 Å². The summed E-state index contributed by atoms with van der Waals surface area (Å²) in [6, 6.07) is 17.7. The van der Waals surface area contributed by atoms with Crippen LogP contribution in [0.1, 0.15) is 92.2 Å². The molecule has 3 aliphatic carbocycles. The molecular weight excluding hydrogens is 757 g/mol. The van der Waals surface area contributed by atoms with Gasteiger partial charge < -0.3 is 47.4 Å². The van der Waals surface area contributed by atoms with Crippen LogP contribution in [0.15, 0.2) is 54.6 Å². The molecule has 2 aromatic carbocycles. The molecule has 6 rings (SSSR count). The number of rotatable bonds is 14. The fourth-order valence-electron chi connectivity index (χ4n) is 10.1. The molecule has 0 radical (unpaired) electrons. The molecule has 3 saturated carbocycles. The van der Waals surface area contributed by atoms with Gasteiger partial charge in [0, 0.05) is 30.8 Å². The normalized spacial score (nSPS) is 34.7. The van der Waals surface area contributed by atoms with Gasteiger partial charge in [-0.05, 0) is 81.4 Å². The predicted octanol–water partition coefficient (Wildman–Crippen LogP) is 8.21. The van der Waals surface area contributed by atoms with Crippen molar-refractivity contribution in [3.05, 3.63) is 65.7 Å². The van der Waals surface area contributed by atoms with Gasteiger partial charge >= 0.3 is 0 Å². The summed E-state index contributed by atoms with van der Waals surface area (Å²) in [6.07, 6.45) is -1.22. The number of ether oxygens (including phenoxy) is 8. The molecule has 0 unspecified atom stereocenters. The van der Waals surface area contributed by atoms with Crippen LogP contribution in [-0.2, 0) is 55.6 Å². The van der Waals surface area contributed by atoms with Crippen LogP contribution in [0.2, 0.25) is 18.1 Å². The van der Waals surface area contributed by atoms with Crippen molar-refractivity contribution in [2.24, 2.45) is 22.7 Å². The fraction of sp³-hybridized carbons (Fsp3) is 0.717. The Morgan fingerprint density at radius 2 is 1.50 bits per heavy atom. The molecule has 2 aromatic rings. The lowest BCUT2D eigenvalue weighted by molar-refractivity contribution is -0.277. The Balaban J connectivity index is 1.51. The van der Waals surface area contributed by atoms with Crippen LogP contribution in [0.3, 0.4) is 0 Å². The summed E-state index contributed by atoms with van der Waals surface area (Å²) >= 11 is 0. The number of hydrogen-bond acceptors (Lipinski definition) is 11. The first-order valence-corrected chi connectivity index (χ1v) is 23.9. The van der Waals surface area contributed by atoms with Crippen LogP contribution in [-0.4, -0.2) is 95.0 Å². The number of benzene rings is 2. The third-order valence-corrected chi connectivity index (χ3v) is 19.2. The molecule has 12 heteroatoms. The summed E-state index contributed by atoms with van der Waals surface area (Å²) in [4.78, 5) is 16.0. The van der Waals surface area contributed by atoms with Gasteiger partial charge in [-0.25, -0.2) is 0 Å². The van der Waals surface area contributed by atoms with Crippen LogP contribution in [0, 0.1) is 22.7 Å². The highest BCUT2D eigenvalue weighted by atomic mass is 28.4. The van der Waals surface area contributed by atoms with Crippen molar-refractivity contribution in [2.75, 3.05) is 34.4 Å². The van der Waals surface area contributed by atoms with Crippen LogP contribution in [0.25, 0.3) is 0 Å². The second-order valence-electron chi connectivity index (χ2n) is 19.8. The van der Waals surface area contributed by atoms with Gasteiger partial charge in [0.15, 0.2) is 19.9 Å². The lowest BCUT2D eigenvalue weighted by atomic mass is 9.53. The van der Waals surface area contributed by atoms with Crippen molar-refractivity contribution >= 4 is 14.1 Å². The highest BCUT2D eigenvalue weighted by Crippen LogP contribution is 2.63. The Kier molecular flexibility index (Phi) is 13.2. The van der Waals surface area contributed by atoms with Crippen molar-refractivity contribution in [1.29, 1.82) is 0 Å². The lowest BCUT2D eigenvalue weighted by Gasteiger charge is -2.58. The molecule has 1 saturated heterocycles. The SMILES string of the molecule is COCO[C@H]1C(=O)[C@]2(C)[C@@H](OCOCc3ccccc3)C[C@@H](OCc3ccc(OC)cc3)[C@@]3(COC(C)(C)O3)[C@H]2C[C@H](O[Si](C)(C)C(C)(C)C)[C@@]2(O)CC[C@H]1C2(C)C. The topological polar surface area (TPSA) is 120 Å². The highest BCUT2D eigenvalue weighted by Gasteiger charge is 2.73. The third-order valence-electron chi connectivity index (χ3n) is 14.7. The van der Waals surface area contributed by atoms with Gasteiger partial charge in [0.1, 0.15) is 31.0 Å². The summed E-state index contributed by atoms with van der Waals surface area (Å²) in [5.41, 5.74) is -2.51. The van der Waals surface area contributed by atoms with E-state index in [1.54, 1.807) is 14.2 Å². The lowest BCUT2D eigenvalue weighted by Crippen LogP contribution is -2.70. The van der Waals surface area contributed by atoms with Gasteiger partial charge in [0.05, 0.1) is 56.3 Å². The summed E-state index contributed by atoms with van der Waals surface area (Å²) in [6.45, 7) is 21.7. The van der Waals surface area contributed by atoms with Crippen LogP contribution in [0.5, 0.6) is 5.75 Å². The Morgan fingerprint density at radius 3 is 2.10 bits per heavy atom. The molecule has 1 heterocycles. The van der Waals surface area contributed by atoms with E-state index in [4.69, 9.17) is 42.3 Å². The van der Waals surface area contributed by atoms with Crippen molar-refractivity contribution in [1.82, 2.24) is 0 Å². The maximum atomic E-state index is 16.0. The standard InChI is InChI=1S/C46H70O11Si/c1-41(2,3)58(11,12)56-38-24-35-44(8,40(47)39(54-29-49-9)34-22-23-46(38,48)42(34,4)5)36(53-30-51-26-31-16-14-13-15-17-31)25-37(45(35)28-55-43(6,7)57-45)52-27-32-18-20-33(50-10)21-19-32/h13-21,34-39,48H,22-30H2,1-12H3/t34-,35+,36+,37-,38+,39-,44+,45-,46+/m1/s1. The molecule has 1 aliphatic heterocycles. The number of carbonyl (C=O) groups excluding carboxylic acids is 1. The zero-order valence-corrected chi connectivity index (χ0v) is 38.1. The number of fused-ring (bicyclic) bond motifs is 4. The van der Waals surface area contributed by atoms with E-state index >= 15 is 4.79 Å². The van der Waals surface area contributed by atoms with Crippen LogP contribution >= 0.6 is 0 Å². The molecule has 9 atom stereocenters. The summed E-state index contributed by atoms with van der Waals surface area (Å²) < 4.78 is 58.6. The number of ketones is 1. The molecule has 0 aromatic heterocycles. The van der Waals surface area contributed by atoms with E-state index in [2.05, 4.69) is 47.7 Å². The first kappa shape index (κ1) is 45.3. The van der Waals surface area contributed by atoms with Crippen molar-refractivity contribution in [3.8, 4) is 5.75 Å². The fourth-order valence-corrected chi connectivity index (χ4v) is 11.5. The van der Waals surface area contributed by atoms with E-state index in [-0.39, 0.29) is 43.5 Å². The van der Waals surface area contributed by atoms with Gasteiger partial charge in [-0.2, -0.15) is 0 Å². The molecule has 1 spiro atoms. The highest BCUT2D eigenvalue weighted by molar-refractivity contribution is 6.74. The molecule has 0 amide bonds. The average molecular weight is 827 g/mol. The number of aliphatic hydroxyl groups is 1. The van der Waals surface area contributed by atoms with E-state index in [0.717, 1.165) is 16.9 Å². The van der Waals surface area contributed by atoms with E-state index in [0.29, 0.717) is 32.3 Å². The first-order valence-electron chi connectivity index (χ1n) is 21.0. The second kappa shape index (κ2) is 16.9. The van der Waals surface area contributed by atoms with E-state index in [1.165, 1.54) is 0 Å². The quantitative estimate of drug-likeness (QED) is 0.113. The van der Waals surface area contributed by atoms with Gasteiger partial charge in [0.2, 0.25) is 0 Å². The number of hydrogen-bond donors (Lipinski definition) is 1. The Hall–Kier alpha value is -2.23. The second-order valence-corrected chi connectivity index (χ2v) is 24.6. The summed E-state index contributed by atoms with van der Waals surface area (Å²) in [5.74, 6) is -1.31. The maximum absolute atomic E-state index is 16.0. The van der Waals surface area contributed by atoms with Crippen molar-refractivity contribution < 1.29 is 52.2 Å². The number of carbonyl (C=O) groups is 1. The maximum Gasteiger partial charge on any atom is 0.192 e. The zero-order chi connectivity index (χ0) is 42.4. The molecule has 11 nitrogen and oxygen atoms in total. The van der Waals surface area contributed by atoms with Gasteiger partial charge in [0.25, 0.3) is 0 Å². The Bertz CT molecular complexity index is 1690. The minimum Gasteiger partial charge on any atom is -0.497 e. The summed E-state index contributed by atoms with van der Waals surface area (Å²) in [5, 5.41) is 13.2. The minimum absolute atomic E-state index is 0.0530. The monoisotopic (exact) mass is 826 g/mol. The molecule has 4 aliphatic rings. The number of Topliss-reactive ketones (excluding diaryl/α,β-unsaturated/α-hetero) is 1. The predicted molar refractivity (Wildman–Crippen MR) is 223 cm³/mol. The Morgan fingerprint density at radius 1 is 0.828 bits per heavy atom. The van der Waals surface area contributed by atoms with Gasteiger partial charge in [-0.3, -0.25) is 4.79 Å². The molecule has 324 valence electrons. The van der Waals surface area contributed by atoms with E-state index in [1.807, 2.05) is 75.4 Å². The third kappa shape index (κ3) is 8.37. The van der Waals surface area contributed by atoms with Crippen LogP contribution < -0.4 is 4.74 Å². The van der Waals surface area contributed by atoms with Crippen molar-refractivity contribution in [3.63, 3.8) is 0 Å². The van der Waals surface area contributed by atoms with Gasteiger partial charge in [-0.15, -0.1) is 0 Å². The molecule has 58 heavy (non-hydrogen) atoms. The van der Waals surface area contributed by atoms with Crippen LogP contribution in [0.4, 0.5) is 0 Å².